The zero-order valence-electron chi connectivity index (χ0n) is 12.9. The lowest BCUT2D eigenvalue weighted by atomic mass is 10.1. The van der Waals surface area contributed by atoms with Crippen LogP contribution in [0.1, 0.15) is 17.5 Å². The van der Waals surface area contributed by atoms with Crippen LogP contribution in [-0.2, 0) is 17.6 Å². The number of carbonyl (C=O) groups is 1. The molecule has 0 atom stereocenters. The van der Waals surface area contributed by atoms with Gasteiger partial charge in [-0.05, 0) is 64.2 Å². The number of carbonyl (C=O) groups excluding carboxylic acids is 1. The average Bonchev–Trinajstić information content (AvgIpc) is 2.53. The van der Waals surface area contributed by atoms with E-state index in [1.54, 1.807) is 13.2 Å². The van der Waals surface area contributed by atoms with Gasteiger partial charge in [0.2, 0.25) is 5.91 Å². The normalized spacial score (nSPS) is 10.4. The Kier molecular flexibility index (Phi) is 6.59. The number of rotatable bonds is 7. The van der Waals surface area contributed by atoms with Gasteiger partial charge in [-0.3, -0.25) is 4.79 Å². The molecule has 0 aliphatic carbocycles. The van der Waals surface area contributed by atoms with Crippen molar-refractivity contribution in [1.29, 1.82) is 0 Å². The van der Waals surface area contributed by atoms with Crippen LogP contribution in [0.15, 0.2) is 46.9 Å². The molecule has 0 radical (unpaired) electrons. The molecule has 3 nitrogen and oxygen atoms in total. The van der Waals surface area contributed by atoms with Gasteiger partial charge < -0.3 is 10.1 Å². The summed E-state index contributed by atoms with van der Waals surface area (Å²) in [6.45, 7) is 0.509. The first-order valence-corrected chi connectivity index (χ1v) is 8.21. The molecule has 0 heterocycles. The van der Waals surface area contributed by atoms with E-state index in [0.29, 0.717) is 25.8 Å². The summed E-state index contributed by atoms with van der Waals surface area (Å²) in [4.78, 5) is 11.9. The molecule has 0 aromatic heterocycles. The maximum absolute atomic E-state index is 13.0. The number of hydrogen-bond donors (Lipinski definition) is 1. The summed E-state index contributed by atoms with van der Waals surface area (Å²) in [5.74, 6) is 0.514. The van der Waals surface area contributed by atoms with Gasteiger partial charge in [-0.25, -0.2) is 4.39 Å². The number of methoxy groups -OCH3 is 1. The molecule has 2 rings (SSSR count). The van der Waals surface area contributed by atoms with Gasteiger partial charge in [0.1, 0.15) is 11.6 Å². The van der Waals surface area contributed by atoms with E-state index < -0.39 is 0 Å². The van der Waals surface area contributed by atoms with E-state index in [2.05, 4.69) is 21.2 Å². The number of amides is 1. The minimum Gasteiger partial charge on any atom is -0.496 e. The summed E-state index contributed by atoms with van der Waals surface area (Å²) in [7, 11) is 1.62. The van der Waals surface area contributed by atoms with Crippen LogP contribution < -0.4 is 10.1 Å². The Morgan fingerprint density at radius 3 is 2.65 bits per heavy atom. The lowest BCUT2D eigenvalue weighted by Crippen LogP contribution is -2.25. The quantitative estimate of drug-likeness (QED) is 0.792. The van der Waals surface area contributed by atoms with Gasteiger partial charge in [-0.2, -0.15) is 0 Å². The fourth-order valence-electron chi connectivity index (χ4n) is 2.25. The highest BCUT2D eigenvalue weighted by molar-refractivity contribution is 9.10. The van der Waals surface area contributed by atoms with Crippen LogP contribution in [0.3, 0.4) is 0 Å². The van der Waals surface area contributed by atoms with Crippen LogP contribution in [-0.4, -0.2) is 19.6 Å². The minimum absolute atomic E-state index is 0.00616. The summed E-state index contributed by atoms with van der Waals surface area (Å²) in [5.41, 5.74) is 1.95. The zero-order chi connectivity index (χ0) is 16.7. The molecular weight excluding hydrogens is 361 g/mol. The number of benzene rings is 2. The number of halogens is 2. The summed E-state index contributed by atoms with van der Waals surface area (Å²) in [5, 5.41) is 2.86. The van der Waals surface area contributed by atoms with Crippen molar-refractivity contribution in [2.75, 3.05) is 13.7 Å². The van der Waals surface area contributed by atoms with Gasteiger partial charge in [0.25, 0.3) is 0 Å². The van der Waals surface area contributed by atoms with E-state index in [4.69, 9.17) is 4.74 Å². The fourth-order valence-corrected chi connectivity index (χ4v) is 2.84. The van der Waals surface area contributed by atoms with E-state index in [1.165, 1.54) is 12.1 Å². The van der Waals surface area contributed by atoms with Gasteiger partial charge in [-0.15, -0.1) is 0 Å². The molecule has 2 aromatic carbocycles. The van der Waals surface area contributed by atoms with Crippen LogP contribution in [0.25, 0.3) is 0 Å². The monoisotopic (exact) mass is 379 g/mol. The van der Waals surface area contributed by atoms with Gasteiger partial charge in [0.05, 0.1) is 11.6 Å². The first-order valence-electron chi connectivity index (χ1n) is 7.42. The third-order valence-corrected chi connectivity index (χ3v) is 4.10. The highest BCUT2D eigenvalue weighted by atomic mass is 79.9. The van der Waals surface area contributed by atoms with Crippen LogP contribution in [0.4, 0.5) is 4.39 Å². The Balaban J connectivity index is 1.74. The molecule has 0 aliphatic heterocycles. The molecule has 5 heteroatoms. The topological polar surface area (TPSA) is 38.3 Å². The third kappa shape index (κ3) is 5.67. The van der Waals surface area contributed by atoms with E-state index >= 15 is 0 Å². The number of nitrogens with one attached hydrogen (secondary N) is 1. The van der Waals surface area contributed by atoms with Gasteiger partial charge in [0.15, 0.2) is 0 Å². The van der Waals surface area contributed by atoms with Crippen LogP contribution >= 0.6 is 15.9 Å². The molecule has 1 N–H and O–H groups in total. The fraction of sp³-hybridized carbons (Fsp3) is 0.278. The van der Waals surface area contributed by atoms with E-state index in [-0.39, 0.29) is 11.7 Å². The molecule has 0 spiro atoms. The molecule has 1 amide bonds. The van der Waals surface area contributed by atoms with E-state index in [1.807, 2.05) is 24.3 Å². The van der Waals surface area contributed by atoms with Crippen molar-refractivity contribution in [3.63, 3.8) is 0 Å². The van der Waals surface area contributed by atoms with Crippen molar-refractivity contribution in [3.05, 3.63) is 63.9 Å². The Labute approximate surface area is 144 Å². The Hall–Kier alpha value is -1.88. The molecule has 0 bridgehead atoms. The Morgan fingerprint density at radius 2 is 1.96 bits per heavy atom. The van der Waals surface area contributed by atoms with Crippen molar-refractivity contribution >= 4 is 21.8 Å². The molecule has 0 saturated carbocycles. The highest BCUT2D eigenvalue weighted by Crippen LogP contribution is 2.25. The van der Waals surface area contributed by atoms with E-state index in [0.717, 1.165) is 21.3 Å². The van der Waals surface area contributed by atoms with Crippen LogP contribution in [0, 0.1) is 5.82 Å². The Bertz CT molecular complexity index is 676. The lowest BCUT2D eigenvalue weighted by molar-refractivity contribution is -0.121. The van der Waals surface area contributed by atoms with Crippen molar-refractivity contribution < 1.29 is 13.9 Å². The molecule has 2 aromatic rings. The molecule has 122 valence electrons. The molecule has 0 fully saturated rings. The molecule has 23 heavy (non-hydrogen) atoms. The number of aryl methyl sites for hydroxylation is 1. The SMILES string of the molecule is COc1ccc(CCC(=O)NCCc2cccc(F)c2)cc1Br. The Morgan fingerprint density at radius 1 is 1.17 bits per heavy atom. The molecule has 0 saturated heterocycles. The van der Waals surface area contributed by atoms with Crippen LogP contribution in [0.2, 0.25) is 0 Å². The molecular formula is C18H19BrFNO2. The van der Waals surface area contributed by atoms with Gasteiger partial charge >= 0.3 is 0 Å². The van der Waals surface area contributed by atoms with Gasteiger partial charge in [0, 0.05) is 13.0 Å². The van der Waals surface area contributed by atoms with Crippen molar-refractivity contribution in [2.24, 2.45) is 0 Å². The maximum Gasteiger partial charge on any atom is 0.220 e. The van der Waals surface area contributed by atoms with Crippen LogP contribution in [0.5, 0.6) is 5.75 Å². The number of ether oxygens (including phenoxy) is 1. The first kappa shape index (κ1) is 17.5. The third-order valence-electron chi connectivity index (χ3n) is 3.48. The molecule has 0 aliphatic rings. The predicted molar refractivity (Wildman–Crippen MR) is 92.1 cm³/mol. The smallest absolute Gasteiger partial charge is 0.220 e. The maximum atomic E-state index is 13.0. The predicted octanol–water partition coefficient (Wildman–Crippen LogP) is 3.89. The second-order valence-electron chi connectivity index (χ2n) is 5.20. The summed E-state index contributed by atoms with van der Waals surface area (Å²) in [6.07, 6.45) is 1.70. The second-order valence-corrected chi connectivity index (χ2v) is 6.05. The summed E-state index contributed by atoms with van der Waals surface area (Å²) >= 11 is 3.43. The van der Waals surface area contributed by atoms with Gasteiger partial charge in [-0.1, -0.05) is 18.2 Å². The summed E-state index contributed by atoms with van der Waals surface area (Å²) in [6, 6.07) is 12.2. The highest BCUT2D eigenvalue weighted by Gasteiger charge is 2.05. The standard InChI is InChI=1S/C18H19BrFNO2/c1-23-17-7-5-14(12-16(17)19)6-8-18(22)21-10-9-13-3-2-4-15(20)11-13/h2-5,7,11-12H,6,8-10H2,1H3,(H,21,22). The largest absolute Gasteiger partial charge is 0.496 e. The van der Waals surface area contributed by atoms with Crippen molar-refractivity contribution in [3.8, 4) is 5.75 Å². The van der Waals surface area contributed by atoms with Crippen molar-refractivity contribution in [1.82, 2.24) is 5.32 Å². The number of hydrogen-bond acceptors (Lipinski definition) is 2. The molecule has 0 unspecified atom stereocenters. The minimum atomic E-state index is -0.251. The lowest BCUT2D eigenvalue weighted by Gasteiger charge is -2.07. The average molecular weight is 380 g/mol. The van der Waals surface area contributed by atoms with Crippen molar-refractivity contribution in [2.45, 2.75) is 19.3 Å². The van der Waals surface area contributed by atoms with E-state index in [9.17, 15) is 9.18 Å². The summed E-state index contributed by atoms with van der Waals surface area (Å²) < 4.78 is 19.1. The first-order chi connectivity index (χ1) is 11.1. The zero-order valence-corrected chi connectivity index (χ0v) is 14.5. The second kappa shape index (κ2) is 8.67.